The highest BCUT2D eigenvalue weighted by molar-refractivity contribution is 6.30. The molecule has 0 aliphatic carbocycles. The van der Waals surface area contributed by atoms with Crippen molar-refractivity contribution in [2.45, 2.75) is 38.3 Å². The molecular formula is C16H22ClFN2. The highest BCUT2D eigenvalue weighted by Gasteiger charge is 2.29. The third kappa shape index (κ3) is 3.33. The molecule has 2 unspecified atom stereocenters. The number of hydrogen-bond donors (Lipinski definition) is 1. The summed E-state index contributed by atoms with van der Waals surface area (Å²) in [5.74, 6) is 0.573. The molecule has 0 spiro atoms. The average Bonchev–Trinajstić information content (AvgIpc) is 2.97. The topological polar surface area (TPSA) is 15.3 Å². The fourth-order valence-corrected chi connectivity index (χ4v) is 3.78. The Bertz CT molecular complexity index is 460. The Kier molecular flexibility index (Phi) is 4.59. The van der Waals surface area contributed by atoms with Crippen molar-refractivity contribution >= 4 is 11.6 Å². The van der Waals surface area contributed by atoms with Gasteiger partial charge in [0.05, 0.1) is 0 Å². The minimum Gasteiger partial charge on any atom is -0.314 e. The Labute approximate surface area is 125 Å². The van der Waals surface area contributed by atoms with Crippen LogP contribution in [0, 0.1) is 11.7 Å². The molecule has 2 heterocycles. The smallest absolute Gasteiger partial charge is 0.127 e. The lowest BCUT2D eigenvalue weighted by Gasteiger charge is -2.36. The number of likely N-dealkylation sites (tertiary alicyclic amines) is 1. The first-order valence-corrected chi connectivity index (χ1v) is 8.00. The van der Waals surface area contributed by atoms with Crippen molar-refractivity contribution in [2.75, 3.05) is 19.6 Å². The lowest BCUT2D eigenvalue weighted by Crippen LogP contribution is -2.43. The standard InChI is InChI=1S/C16H22ClFN2/c17-14-5-6-15(18)13(9-14)11-20-8-2-3-12(10-20)16-4-1-7-19-16/h5-6,9,12,16,19H,1-4,7-8,10-11H2. The van der Waals surface area contributed by atoms with Crippen molar-refractivity contribution < 1.29 is 4.39 Å². The maximum absolute atomic E-state index is 13.8. The van der Waals surface area contributed by atoms with E-state index in [1.807, 2.05) is 0 Å². The van der Waals surface area contributed by atoms with Crippen molar-refractivity contribution in [3.8, 4) is 0 Å². The Morgan fingerprint density at radius 2 is 2.20 bits per heavy atom. The SMILES string of the molecule is Fc1ccc(Cl)cc1CN1CCCC(C2CCCN2)C1. The van der Waals surface area contributed by atoms with Gasteiger partial charge in [-0.05, 0) is 62.9 Å². The van der Waals surface area contributed by atoms with Gasteiger partial charge in [0.2, 0.25) is 0 Å². The molecule has 1 aromatic rings. The van der Waals surface area contributed by atoms with Crippen LogP contribution in [0.1, 0.15) is 31.2 Å². The average molecular weight is 297 g/mol. The summed E-state index contributed by atoms with van der Waals surface area (Å²) in [5, 5.41) is 4.23. The van der Waals surface area contributed by atoms with Crippen LogP contribution in [0.4, 0.5) is 4.39 Å². The molecule has 2 aliphatic heterocycles. The van der Waals surface area contributed by atoms with Gasteiger partial charge in [-0.1, -0.05) is 11.6 Å². The molecule has 2 fully saturated rings. The van der Waals surface area contributed by atoms with Gasteiger partial charge in [-0.3, -0.25) is 4.90 Å². The van der Waals surface area contributed by atoms with Crippen LogP contribution in [-0.2, 0) is 6.54 Å². The van der Waals surface area contributed by atoms with Crippen LogP contribution in [0.2, 0.25) is 5.02 Å². The third-order valence-electron chi connectivity index (χ3n) is 4.61. The summed E-state index contributed by atoms with van der Waals surface area (Å²) >= 11 is 5.97. The number of halogens is 2. The quantitative estimate of drug-likeness (QED) is 0.919. The van der Waals surface area contributed by atoms with Crippen molar-refractivity contribution in [1.82, 2.24) is 10.2 Å². The number of piperidine rings is 1. The van der Waals surface area contributed by atoms with Crippen LogP contribution < -0.4 is 5.32 Å². The summed E-state index contributed by atoms with van der Waals surface area (Å²) in [6.45, 7) is 3.97. The molecule has 0 bridgehead atoms. The van der Waals surface area contributed by atoms with Crippen molar-refractivity contribution in [2.24, 2.45) is 5.92 Å². The predicted octanol–water partition coefficient (Wildman–Crippen LogP) is 3.44. The van der Waals surface area contributed by atoms with Crippen molar-refractivity contribution in [3.05, 3.63) is 34.6 Å². The number of nitrogens with zero attached hydrogens (tertiary/aromatic N) is 1. The molecule has 20 heavy (non-hydrogen) atoms. The number of nitrogens with one attached hydrogen (secondary N) is 1. The Hall–Kier alpha value is -0.640. The molecule has 110 valence electrons. The Balaban J connectivity index is 1.63. The fraction of sp³-hybridized carbons (Fsp3) is 0.625. The van der Waals surface area contributed by atoms with E-state index in [2.05, 4.69) is 10.2 Å². The second-order valence-electron chi connectivity index (χ2n) is 6.08. The van der Waals surface area contributed by atoms with E-state index in [9.17, 15) is 4.39 Å². The normalized spacial score (nSPS) is 27.9. The molecule has 1 aromatic carbocycles. The molecule has 2 nitrogen and oxygen atoms in total. The van der Waals surface area contributed by atoms with Gasteiger partial charge >= 0.3 is 0 Å². The van der Waals surface area contributed by atoms with Gasteiger partial charge in [-0.25, -0.2) is 4.39 Å². The van der Waals surface area contributed by atoms with Crippen LogP contribution in [0.3, 0.4) is 0 Å². The maximum atomic E-state index is 13.8. The molecule has 3 rings (SSSR count). The monoisotopic (exact) mass is 296 g/mol. The van der Waals surface area contributed by atoms with Crippen LogP contribution in [0.25, 0.3) is 0 Å². The molecule has 0 amide bonds. The van der Waals surface area contributed by atoms with Crippen molar-refractivity contribution in [3.63, 3.8) is 0 Å². The zero-order valence-electron chi connectivity index (χ0n) is 11.7. The number of benzene rings is 1. The van der Waals surface area contributed by atoms with Gasteiger partial charge in [-0.15, -0.1) is 0 Å². The number of hydrogen-bond acceptors (Lipinski definition) is 2. The summed E-state index contributed by atoms with van der Waals surface area (Å²) in [6, 6.07) is 5.51. The van der Waals surface area contributed by atoms with Gasteiger partial charge in [0.25, 0.3) is 0 Å². The molecule has 0 aromatic heterocycles. The van der Waals surface area contributed by atoms with Gasteiger partial charge in [0, 0.05) is 29.7 Å². The van der Waals surface area contributed by atoms with Gasteiger partial charge in [-0.2, -0.15) is 0 Å². The first kappa shape index (κ1) is 14.3. The lowest BCUT2D eigenvalue weighted by atomic mass is 9.89. The van der Waals surface area contributed by atoms with E-state index in [1.54, 1.807) is 12.1 Å². The highest BCUT2D eigenvalue weighted by atomic mass is 35.5. The fourth-order valence-electron chi connectivity index (χ4n) is 3.58. The minimum atomic E-state index is -0.143. The van der Waals surface area contributed by atoms with Crippen LogP contribution in [0.5, 0.6) is 0 Å². The predicted molar refractivity (Wildman–Crippen MR) is 80.4 cm³/mol. The third-order valence-corrected chi connectivity index (χ3v) is 4.85. The highest BCUT2D eigenvalue weighted by Crippen LogP contribution is 2.26. The second kappa shape index (κ2) is 6.42. The van der Waals surface area contributed by atoms with Crippen molar-refractivity contribution in [1.29, 1.82) is 0 Å². The van der Waals surface area contributed by atoms with Gasteiger partial charge in [0.15, 0.2) is 0 Å². The molecule has 2 saturated heterocycles. The molecule has 2 aliphatic rings. The van der Waals surface area contributed by atoms with Crippen LogP contribution in [-0.4, -0.2) is 30.6 Å². The molecule has 0 radical (unpaired) electrons. The first-order chi connectivity index (χ1) is 9.72. The summed E-state index contributed by atoms with van der Waals surface area (Å²) < 4.78 is 13.8. The van der Waals surface area contributed by atoms with E-state index >= 15 is 0 Å². The largest absolute Gasteiger partial charge is 0.314 e. The zero-order valence-corrected chi connectivity index (χ0v) is 12.5. The Morgan fingerprint density at radius 1 is 1.30 bits per heavy atom. The zero-order chi connectivity index (χ0) is 13.9. The van der Waals surface area contributed by atoms with Gasteiger partial charge in [0.1, 0.15) is 5.82 Å². The molecule has 1 N–H and O–H groups in total. The molecule has 0 saturated carbocycles. The number of rotatable bonds is 3. The first-order valence-electron chi connectivity index (χ1n) is 7.62. The summed E-state index contributed by atoms with van der Waals surface area (Å²) in [6.07, 6.45) is 5.10. The summed E-state index contributed by atoms with van der Waals surface area (Å²) in [4.78, 5) is 2.38. The Morgan fingerprint density at radius 3 is 3.00 bits per heavy atom. The van der Waals surface area contributed by atoms with E-state index in [4.69, 9.17) is 11.6 Å². The molecular weight excluding hydrogens is 275 g/mol. The van der Waals surface area contributed by atoms with Gasteiger partial charge < -0.3 is 5.32 Å². The summed E-state index contributed by atoms with van der Waals surface area (Å²) in [7, 11) is 0. The molecule has 4 heteroatoms. The minimum absolute atomic E-state index is 0.143. The lowest BCUT2D eigenvalue weighted by molar-refractivity contribution is 0.144. The van der Waals surface area contributed by atoms with E-state index in [0.717, 1.165) is 25.2 Å². The van der Waals surface area contributed by atoms with Crippen LogP contribution in [0.15, 0.2) is 18.2 Å². The molecule has 2 atom stereocenters. The van der Waals surface area contributed by atoms with E-state index in [0.29, 0.717) is 23.5 Å². The second-order valence-corrected chi connectivity index (χ2v) is 6.51. The van der Waals surface area contributed by atoms with E-state index < -0.39 is 0 Å². The van der Waals surface area contributed by atoms with E-state index in [1.165, 1.54) is 31.7 Å². The van der Waals surface area contributed by atoms with Crippen LogP contribution >= 0.6 is 11.6 Å². The summed E-state index contributed by atoms with van der Waals surface area (Å²) in [5.41, 5.74) is 0.720. The maximum Gasteiger partial charge on any atom is 0.127 e. The van der Waals surface area contributed by atoms with E-state index in [-0.39, 0.29) is 5.82 Å².